The van der Waals surface area contributed by atoms with Crippen molar-refractivity contribution in [3.8, 4) is 17.5 Å². The van der Waals surface area contributed by atoms with Gasteiger partial charge in [-0.15, -0.1) is 0 Å². The Bertz CT molecular complexity index is 1160. The van der Waals surface area contributed by atoms with E-state index in [2.05, 4.69) is 53.1 Å². The Morgan fingerprint density at radius 2 is 1.22 bits per heavy atom. The lowest BCUT2D eigenvalue weighted by Crippen LogP contribution is -2.18. The summed E-state index contributed by atoms with van der Waals surface area (Å²) in [6, 6.07) is 26.1. The fourth-order valence-electron chi connectivity index (χ4n) is 3.28. The zero-order valence-electron chi connectivity index (χ0n) is 17.6. The third kappa shape index (κ3) is 5.36. The quantitative estimate of drug-likeness (QED) is 0.297. The number of nitrogens with zero attached hydrogens (tertiary/aromatic N) is 3. The number of aromatic nitrogens is 3. The van der Waals surface area contributed by atoms with E-state index < -0.39 is 0 Å². The first kappa shape index (κ1) is 22.1. The van der Waals surface area contributed by atoms with Crippen LogP contribution in [-0.2, 0) is 12.0 Å². The van der Waals surface area contributed by atoms with Crippen molar-refractivity contribution in [1.29, 1.82) is 0 Å². The Morgan fingerprint density at radius 1 is 0.688 bits per heavy atom. The van der Waals surface area contributed by atoms with E-state index in [1.807, 2.05) is 54.6 Å². The number of ether oxygens (including phenoxy) is 2. The van der Waals surface area contributed by atoms with E-state index in [-0.39, 0.29) is 22.0 Å². The van der Waals surface area contributed by atoms with E-state index in [4.69, 9.17) is 32.7 Å². The molecule has 0 bridgehead atoms. The Kier molecular flexibility index (Phi) is 6.58. The van der Waals surface area contributed by atoms with Gasteiger partial charge < -0.3 is 9.47 Å². The van der Waals surface area contributed by atoms with E-state index in [1.165, 1.54) is 5.56 Å². The molecule has 162 valence electrons. The number of halogens is 2. The summed E-state index contributed by atoms with van der Waals surface area (Å²) in [6.45, 7) is 4.89. The molecule has 0 aliphatic carbocycles. The van der Waals surface area contributed by atoms with Crippen LogP contribution in [0.4, 0.5) is 0 Å². The van der Waals surface area contributed by atoms with Crippen LogP contribution in [0, 0.1) is 0 Å². The molecule has 1 heterocycles. The minimum absolute atomic E-state index is 0.0195. The minimum atomic E-state index is -0.212. The van der Waals surface area contributed by atoms with Gasteiger partial charge >= 0.3 is 6.01 Å². The number of hydrogen-bond donors (Lipinski definition) is 0. The highest BCUT2D eigenvalue weighted by Crippen LogP contribution is 2.34. The molecule has 0 spiro atoms. The van der Waals surface area contributed by atoms with Crippen LogP contribution in [0.1, 0.15) is 30.5 Å². The molecule has 0 saturated carbocycles. The van der Waals surface area contributed by atoms with Gasteiger partial charge in [0.2, 0.25) is 10.6 Å². The number of rotatable bonds is 7. The summed E-state index contributed by atoms with van der Waals surface area (Å²) in [7, 11) is 0. The maximum atomic E-state index is 5.90. The zero-order chi connectivity index (χ0) is 22.6. The van der Waals surface area contributed by atoms with Gasteiger partial charge in [-0.3, -0.25) is 0 Å². The first-order valence-electron chi connectivity index (χ1n) is 10.0. The third-order valence-corrected chi connectivity index (χ3v) is 5.51. The monoisotopic (exact) mass is 465 g/mol. The Balaban J connectivity index is 1.44. The van der Waals surface area contributed by atoms with Crippen LogP contribution in [0.15, 0.2) is 78.9 Å². The van der Waals surface area contributed by atoms with Gasteiger partial charge in [-0.2, -0.15) is 15.0 Å². The maximum absolute atomic E-state index is 5.90. The van der Waals surface area contributed by atoms with Crippen molar-refractivity contribution in [2.45, 2.75) is 25.9 Å². The summed E-state index contributed by atoms with van der Waals surface area (Å²) in [4.78, 5) is 11.5. The largest absolute Gasteiger partial charge is 0.489 e. The molecule has 0 amide bonds. The summed E-state index contributed by atoms with van der Waals surface area (Å²) in [5, 5.41) is -0.0390. The predicted octanol–water partition coefficient (Wildman–Crippen LogP) is 6.88. The van der Waals surface area contributed by atoms with E-state index in [0.29, 0.717) is 12.4 Å². The highest BCUT2D eigenvalue weighted by molar-refractivity contribution is 6.31. The Labute approximate surface area is 197 Å². The van der Waals surface area contributed by atoms with Crippen molar-refractivity contribution in [3.05, 3.63) is 106 Å². The molecule has 0 fully saturated rings. The van der Waals surface area contributed by atoms with Gasteiger partial charge in [-0.1, -0.05) is 68.4 Å². The van der Waals surface area contributed by atoms with E-state index in [9.17, 15) is 0 Å². The molecule has 1 aromatic heterocycles. The van der Waals surface area contributed by atoms with Crippen molar-refractivity contribution in [1.82, 2.24) is 15.0 Å². The molecule has 0 aliphatic heterocycles. The van der Waals surface area contributed by atoms with Crippen LogP contribution in [0.5, 0.6) is 17.5 Å². The normalized spacial score (nSPS) is 11.2. The molecule has 4 rings (SSSR count). The second-order valence-electron chi connectivity index (χ2n) is 7.71. The standard InChI is InChI=1S/C25H21Cl2N3O2/c1-25(2,18-8-12-20(13-9-18)31-16-17-6-4-3-5-7-17)19-10-14-21(15-11-19)32-24-29-22(26)28-23(27)30-24/h3-15H,16H2,1-2H3. The molecule has 3 aromatic carbocycles. The zero-order valence-corrected chi connectivity index (χ0v) is 19.1. The lowest BCUT2D eigenvalue weighted by molar-refractivity contribution is 0.306. The van der Waals surface area contributed by atoms with Gasteiger partial charge in [0, 0.05) is 5.41 Å². The van der Waals surface area contributed by atoms with Crippen molar-refractivity contribution < 1.29 is 9.47 Å². The summed E-state index contributed by atoms with van der Waals surface area (Å²) in [5.74, 6) is 1.42. The molecule has 0 N–H and O–H groups in total. The first-order valence-corrected chi connectivity index (χ1v) is 10.8. The van der Waals surface area contributed by atoms with E-state index >= 15 is 0 Å². The molecular weight excluding hydrogens is 445 g/mol. The van der Waals surface area contributed by atoms with Gasteiger partial charge in [0.15, 0.2) is 0 Å². The van der Waals surface area contributed by atoms with Crippen molar-refractivity contribution in [2.75, 3.05) is 0 Å². The maximum Gasteiger partial charge on any atom is 0.327 e. The number of benzene rings is 3. The summed E-state index contributed by atoms with van der Waals surface area (Å²) >= 11 is 11.6. The lowest BCUT2D eigenvalue weighted by atomic mass is 9.78. The molecular formula is C25H21Cl2N3O2. The van der Waals surface area contributed by atoms with Crippen molar-refractivity contribution >= 4 is 23.2 Å². The van der Waals surface area contributed by atoms with Crippen LogP contribution in [0.25, 0.3) is 0 Å². The SMILES string of the molecule is CC(C)(c1ccc(OCc2ccccc2)cc1)c1ccc(Oc2nc(Cl)nc(Cl)n2)cc1. The van der Waals surface area contributed by atoms with Crippen LogP contribution in [-0.4, -0.2) is 15.0 Å². The van der Waals surface area contributed by atoms with Crippen molar-refractivity contribution in [3.63, 3.8) is 0 Å². The summed E-state index contributed by atoms with van der Waals surface area (Å²) < 4.78 is 11.5. The van der Waals surface area contributed by atoms with E-state index in [1.54, 1.807) is 0 Å². The van der Waals surface area contributed by atoms with Gasteiger partial charge in [-0.05, 0) is 64.2 Å². The lowest BCUT2D eigenvalue weighted by Gasteiger charge is -2.26. The van der Waals surface area contributed by atoms with Crippen LogP contribution in [0.2, 0.25) is 10.6 Å². The molecule has 0 atom stereocenters. The smallest absolute Gasteiger partial charge is 0.327 e. The number of hydrogen-bond acceptors (Lipinski definition) is 5. The third-order valence-electron chi connectivity index (χ3n) is 5.17. The van der Waals surface area contributed by atoms with Crippen LogP contribution >= 0.6 is 23.2 Å². The average molecular weight is 466 g/mol. The minimum Gasteiger partial charge on any atom is -0.489 e. The summed E-state index contributed by atoms with van der Waals surface area (Å²) in [5.41, 5.74) is 3.24. The second-order valence-corrected chi connectivity index (χ2v) is 8.38. The van der Waals surface area contributed by atoms with Crippen LogP contribution < -0.4 is 9.47 Å². The van der Waals surface area contributed by atoms with Gasteiger partial charge in [0.1, 0.15) is 18.1 Å². The van der Waals surface area contributed by atoms with Crippen LogP contribution in [0.3, 0.4) is 0 Å². The summed E-state index contributed by atoms with van der Waals surface area (Å²) in [6.07, 6.45) is 0. The second kappa shape index (κ2) is 9.55. The fraction of sp³-hybridized carbons (Fsp3) is 0.160. The fourth-order valence-corrected chi connectivity index (χ4v) is 3.62. The van der Waals surface area contributed by atoms with E-state index in [0.717, 1.165) is 16.9 Å². The van der Waals surface area contributed by atoms with Gasteiger partial charge in [-0.25, -0.2) is 0 Å². The van der Waals surface area contributed by atoms with Gasteiger partial charge in [0.25, 0.3) is 0 Å². The molecule has 0 saturated heterocycles. The molecule has 7 heteroatoms. The topological polar surface area (TPSA) is 57.1 Å². The molecule has 5 nitrogen and oxygen atoms in total. The first-order chi connectivity index (χ1) is 15.4. The average Bonchev–Trinajstić information content (AvgIpc) is 2.78. The molecule has 4 aromatic rings. The Hall–Kier alpha value is -3.15. The van der Waals surface area contributed by atoms with Crippen molar-refractivity contribution in [2.24, 2.45) is 0 Å². The highest BCUT2D eigenvalue weighted by Gasteiger charge is 2.23. The molecule has 0 aliphatic rings. The Morgan fingerprint density at radius 3 is 1.78 bits per heavy atom. The predicted molar refractivity (Wildman–Crippen MR) is 126 cm³/mol. The molecule has 0 radical (unpaired) electrons. The highest BCUT2D eigenvalue weighted by atomic mass is 35.5. The van der Waals surface area contributed by atoms with Gasteiger partial charge in [0.05, 0.1) is 0 Å². The molecule has 32 heavy (non-hydrogen) atoms. The molecule has 0 unspecified atom stereocenters.